The second-order valence-electron chi connectivity index (χ2n) is 5.05. The Morgan fingerprint density at radius 3 is 2.08 bits per heavy atom. The standard InChI is InChI=1S/C10H21Si2.Li/c1-8-7-12(5,6)11(4)10(3)9(8)2;/h7,11-12H,1-6H3;/q-1;+1. The molecule has 1 aliphatic rings. The zero-order valence-corrected chi connectivity index (χ0v) is 12.5. The molecule has 0 saturated heterocycles. The molecule has 1 unspecified atom stereocenters. The Hall–Kier alpha value is 0.511. The molecule has 0 amide bonds. The van der Waals surface area contributed by atoms with Gasteiger partial charge in [-0.05, 0) is 0 Å². The second-order valence-corrected chi connectivity index (χ2v) is 20.2. The molecule has 3 heteroatoms. The molecule has 0 aromatic heterocycles. The van der Waals surface area contributed by atoms with E-state index in [9.17, 15) is 0 Å². The molecule has 13 heavy (non-hydrogen) atoms. The maximum atomic E-state index is 2.63. The largest absolute Gasteiger partial charge is 1.00 e. The van der Waals surface area contributed by atoms with Gasteiger partial charge in [0.25, 0.3) is 0 Å². The van der Waals surface area contributed by atoms with Crippen LogP contribution in [0.15, 0.2) is 22.0 Å². The van der Waals surface area contributed by atoms with Crippen molar-refractivity contribution in [2.75, 3.05) is 0 Å². The molecule has 1 atom stereocenters. The van der Waals surface area contributed by atoms with Crippen LogP contribution in [-0.2, 0) is 0 Å². The minimum Gasteiger partial charge on any atom is 1.00 e. The van der Waals surface area contributed by atoms with Gasteiger partial charge in [-0.1, -0.05) is 0 Å². The maximum Gasteiger partial charge on any atom is 1.00 e. The molecule has 0 aromatic rings. The summed E-state index contributed by atoms with van der Waals surface area (Å²) in [7, 11) is -1.75. The summed E-state index contributed by atoms with van der Waals surface area (Å²) in [5.74, 6) is 0. The van der Waals surface area contributed by atoms with Gasteiger partial charge in [-0.15, -0.1) is 0 Å². The van der Waals surface area contributed by atoms with Crippen LogP contribution in [0.2, 0.25) is 19.6 Å². The topological polar surface area (TPSA) is 0 Å². The van der Waals surface area contributed by atoms with Crippen molar-refractivity contribution in [3.05, 3.63) is 22.0 Å². The summed E-state index contributed by atoms with van der Waals surface area (Å²) in [6.45, 7) is 14.6. The molecule has 1 heterocycles. The summed E-state index contributed by atoms with van der Waals surface area (Å²) in [6, 6.07) is 0. The predicted molar refractivity (Wildman–Crippen MR) is 64.0 cm³/mol. The number of hydrogen-bond donors (Lipinski definition) is 0. The molecule has 0 bridgehead atoms. The Bertz CT molecular complexity index is 264. The van der Waals surface area contributed by atoms with Crippen LogP contribution < -0.4 is 18.9 Å². The minimum absolute atomic E-state index is 0. The first-order valence-corrected chi connectivity index (χ1v) is 12.4. The number of hydrogen-bond acceptors (Lipinski definition) is 0. The van der Waals surface area contributed by atoms with Crippen LogP contribution >= 0.6 is 0 Å². The van der Waals surface area contributed by atoms with E-state index in [0.717, 1.165) is 0 Å². The molecule has 1 aliphatic heterocycles. The van der Waals surface area contributed by atoms with Gasteiger partial charge in [-0.3, -0.25) is 0 Å². The van der Waals surface area contributed by atoms with Crippen LogP contribution in [0.3, 0.4) is 0 Å². The third kappa shape index (κ3) is 2.50. The van der Waals surface area contributed by atoms with Gasteiger partial charge in [0.1, 0.15) is 0 Å². The van der Waals surface area contributed by atoms with Crippen LogP contribution in [0.4, 0.5) is 0 Å². The Morgan fingerprint density at radius 2 is 1.62 bits per heavy atom. The molecular weight excluding hydrogens is 183 g/mol. The summed E-state index contributed by atoms with van der Waals surface area (Å²) in [4.78, 5) is 0. The van der Waals surface area contributed by atoms with Crippen LogP contribution in [0, 0.1) is 0 Å². The first-order chi connectivity index (χ1) is 5.36. The van der Waals surface area contributed by atoms with E-state index in [2.05, 4.69) is 46.1 Å². The third-order valence-electron chi connectivity index (χ3n) is 3.83. The Morgan fingerprint density at radius 1 is 1.15 bits per heavy atom. The fraction of sp³-hybridized carbons (Fsp3) is 0.600. The van der Waals surface area contributed by atoms with Crippen LogP contribution in [0.1, 0.15) is 20.8 Å². The third-order valence-corrected chi connectivity index (χ3v) is 19.4. The van der Waals surface area contributed by atoms with Crippen molar-refractivity contribution >= 4 is 15.9 Å². The Kier molecular flexibility index (Phi) is 4.53. The van der Waals surface area contributed by atoms with Gasteiger partial charge in [0.05, 0.1) is 0 Å². The van der Waals surface area contributed by atoms with E-state index in [1.807, 2.05) is 0 Å². The summed E-state index contributed by atoms with van der Waals surface area (Å²) < 4.78 is 0. The number of rotatable bonds is 0. The van der Waals surface area contributed by atoms with Crippen molar-refractivity contribution in [2.45, 2.75) is 40.4 Å². The zero-order valence-electron chi connectivity index (χ0n) is 10.2. The SMILES string of the molecule is CC1=C[SiH-](C)(C)[SiH](C)C(C)=C1C.[Li+]. The fourth-order valence-corrected chi connectivity index (χ4v) is 12.6. The summed E-state index contributed by atoms with van der Waals surface area (Å²) in [6.07, 6.45) is 0. The molecule has 0 radical (unpaired) electrons. The predicted octanol–water partition coefficient (Wildman–Crippen LogP) is -0.259. The van der Waals surface area contributed by atoms with Crippen molar-refractivity contribution in [1.82, 2.24) is 0 Å². The molecule has 0 saturated carbocycles. The Balaban J connectivity index is 0.00000144. The van der Waals surface area contributed by atoms with E-state index in [1.165, 1.54) is 0 Å². The van der Waals surface area contributed by atoms with Crippen molar-refractivity contribution in [3.8, 4) is 0 Å². The molecule has 0 aromatic carbocycles. The van der Waals surface area contributed by atoms with Crippen molar-refractivity contribution in [2.24, 2.45) is 0 Å². The van der Waals surface area contributed by atoms with Crippen LogP contribution in [-0.4, -0.2) is 15.9 Å². The molecular formula is C10H21LiSi2. The van der Waals surface area contributed by atoms with Crippen LogP contribution in [0.25, 0.3) is 0 Å². The Labute approximate surface area is 97.1 Å². The second kappa shape index (κ2) is 4.35. The van der Waals surface area contributed by atoms with Gasteiger partial charge < -0.3 is 0 Å². The summed E-state index contributed by atoms with van der Waals surface area (Å²) in [5, 5.41) is 1.77. The zero-order chi connectivity index (χ0) is 9.52. The van der Waals surface area contributed by atoms with Crippen molar-refractivity contribution in [1.29, 1.82) is 0 Å². The maximum absolute atomic E-state index is 2.63. The van der Waals surface area contributed by atoms with E-state index < -0.39 is 15.9 Å². The average molecular weight is 204 g/mol. The molecule has 70 valence electrons. The molecule has 0 fully saturated rings. The normalized spacial score (nSPS) is 29.1. The van der Waals surface area contributed by atoms with E-state index in [-0.39, 0.29) is 18.9 Å². The molecule has 0 nitrogen and oxygen atoms in total. The first kappa shape index (κ1) is 13.5. The minimum atomic E-state index is -1.23. The molecule has 1 rings (SSSR count). The smallest absolute Gasteiger partial charge is 1.00 e. The fourth-order valence-electron chi connectivity index (χ4n) is 2.21. The van der Waals surface area contributed by atoms with Gasteiger partial charge in [0.15, 0.2) is 0 Å². The van der Waals surface area contributed by atoms with Crippen molar-refractivity contribution in [3.63, 3.8) is 0 Å². The summed E-state index contributed by atoms with van der Waals surface area (Å²) in [5.41, 5.74) is 5.79. The van der Waals surface area contributed by atoms with Crippen molar-refractivity contribution < 1.29 is 18.9 Å². The van der Waals surface area contributed by atoms with E-state index in [1.54, 1.807) is 16.3 Å². The average Bonchev–Trinajstić information content (AvgIpc) is 1.97. The monoisotopic (exact) mass is 204 g/mol. The first-order valence-electron chi connectivity index (χ1n) is 4.98. The van der Waals surface area contributed by atoms with Gasteiger partial charge in [-0.2, -0.15) is 0 Å². The number of allylic oxidation sites excluding steroid dienone is 3. The molecule has 0 spiro atoms. The molecule has 0 N–H and O–H groups in total. The van der Waals surface area contributed by atoms with Gasteiger partial charge in [0, 0.05) is 0 Å². The van der Waals surface area contributed by atoms with Gasteiger partial charge >= 0.3 is 97.2 Å². The van der Waals surface area contributed by atoms with Gasteiger partial charge in [0.2, 0.25) is 0 Å². The van der Waals surface area contributed by atoms with Gasteiger partial charge in [-0.25, -0.2) is 0 Å². The van der Waals surface area contributed by atoms with E-state index in [0.29, 0.717) is 0 Å². The van der Waals surface area contributed by atoms with Crippen LogP contribution in [0.5, 0.6) is 0 Å². The van der Waals surface area contributed by atoms with E-state index in [4.69, 9.17) is 0 Å². The molecule has 0 aliphatic carbocycles. The van der Waals surface area contributed by atoms with E-state index >= 15 is 0 Å². The summed E-state index contributed by atoms with van der Waals surface area (Å²) >= 11 is 0. The quantitative estimate of drug-likeness (QED) is 0.477.